The van der Waals surface area contributed by atoms with Gasteiger partial charge in [-0.05, 0) is 42.5 Å². The van der Waals surface area contributed by atoms with Crippen molar-refractivity contribution in [2.45, 2.75) is 24.6 Å². The van der Waals surface area contributed by atoms with E-state index in [9.17, 15) is 4.79 Å². The van der Waals surface area contributed by atoms with Crippen LogP contribution in [0.2, 0.25) is 0 Å². The second kappa shape index (κ2) is 9.45. The predicted molar refractivity (Wildman–Crippen MR) is 83.6 cm³/mol. The molecule has 1 rings (SSSR count). The van der Waals surface area contributed by atoms with Crippen LogP contribution < -0.4 is 5.32 Å². The number of benzene rings is 1. The SMILES string of the molecule is CSCCCCCNC(=O)c1ccc(CBr)cc1. The molecule has 0 fully saturated rings. The van der Waals surface area contributed by atoms with E-state index in [1.54, 1.807) is 0 Å². The van der Waals surface area contributed by atoms with Gasteiger partial charge in [-0.2, -0.15) is 11.8 Å². The zero-order chi connectivity index (χ0) is 13.2. The van der Waals surface area contributed by atoms with E-state index in [0.29, 0.717) is 0 Å². The summed E-state index contributed by atoms with van der Waals surface area (Å²) in [6.07, 6.45) is 5.60. The van der Waals surface area contributed by atoms with Crippen LogP contribution in [0.1, 0.15) is 35.2 Å². The molecule has 0 unspecified atom stereocenters. The van der Waals surface area contributed by atoms with Gasteiger partial charge in [-0.3, -0.25) is 4.79 Å². The molecule has 1 amide bonds. The number of halogens is 1. The van der Waals surface area contributed by atoms with Crippen molar-refractivity contribution in [3.63, 3.8) is 0 Å². The molecule has 18 heavy (non-hydrogen) atoms. The van der Waals surface area contributed by atoms with Crippen LogP contribution in [-0.4, -0.2) is 24.5 Å². The average Bonchev–Trinajstić information content (AvgIpc) is 2.42. The van der Waals surface area contributed by atoms with Crippen molar-refractivity contribution in [2.24, 2.45) is 0 Å². The Labute approximate surface area is 122 Å². The fourth-order valence-electron chi connectivity index (χ4n) is 1.60. The number of hydrogen-bond donors (Lipinski definition) is 1. The van der Waals surface area contributed by atoms with Crippen LogP contribution in [0.25, 0.3) is 0 Å². The lowest BCUT2D eigenvalue weighted by atomic mass is 10.1. The molecule has 0 radical (unpaired) electrons. The van der Waals surface area contributed by atoms with E-state index in [-0.39, 0.29) is 5.91 Å². The first-order valence-corrected chi connectivity index (χ1v) is 8.71. The van der Waals surface area contributed by atoms with Crippen LogP contribution in [0.15, 0.2) is 24.3 Å². The first-order valence-electron chi connectivity index (χ1n) is 6.20. The van der Waals surface area contributed by atoms with E-state index >= 15 is 0 Å². The summed E-state index contributed by atoms with van der Waals surface area (Å²) in [7, 11) is 0. The number of rotatable bonds is 8. The Morgan fingerprint density at radius 3 is 2.56 bits per heavy atom. The summed E-state index contributed by atoms with van der Waals surface area (Å²) in [6.45, 7) is 0.771. The van der Waals surface area contributed by atoms with E-state index in [2.05, 4.69) is 27.5 Å². The zero-order valence-corrected chi connectivity index (χ0v) is 13.1. The van der Waals surface area contributed by atoms with Gasteiger partial charge in [0.15, 0.2) is 0 Å². The van der Waals surface area contributed by atoms with Gasteiger partial charge in [-0.1, -0.05) is 34.5 Å². The Morgan fingerprint density at radius 2 is 1.94 bits per heavy atom. The van der Waals surface area contributed by atoms with Crippen LogP contribution in [-0.2, 0) is 5.33 Å². The topological polar surface area (TPSA) is 29.1 Å². The molecule has 0 bridgehead atoms. The normalized spacial score (nSPS) is 10.3. The van der Waals surface area contributed by atoms with Gasteiger partial charge < -0.3 is 5.32 Å². The molecule has 1 aromatic rings. The molecule has 1 N–H and O–H groups in total. The minimum absolute atomic E-state index is 0.0287. The van der Waals surface area contributed by atoms with E-state index in [4.69, 9.17) is 0 Å². The lowest BCUT2D eigenvalue weighted by Crippen LogP contribution is -2.24. The van der Waals surface area contributed by atoms with Gasteiger partial charge in [0.1, 0.15) is 0 Å². The summed E-state index contributed by atoms with van der Waals surface area (Å²) >= 11 is 5.26. The van der Waals surface area contributed by atoms with Crippen LogP contribution >= 0.6 is 27.7 Å². The van der Waals surface area contributed by atoms with Gasteiger partial charge in [-0.15, -0.1) is 0 Å². The molecule has 0 atom stereocenters. The van der Waals surface area contributed by atoms with Gasteiger partial charge in [0.2, 0.25) is 0 Å². The number of alkyl halides is 1. The van der Waals surface area contributed by atoms with E-state index in [1.165, 1.54) is 24.2 Å². The van der Waals surface area contributed by atoms with Gasteiger partial charge in [0.25, 0.3) is 5.91 Å². The lowest BCUT2D eigenvalue weighted by Gasteiger charge is -2.05. The summed E-state index contributed by atoms with van der Waals surface area (Å²) in [6, 6.07) is 7.70. The van der Waals surface area contributed by atoms with Crippen molar-refractivity contribution in [1.29, 1.82) is 0 Å². The number of hydrogen-bond acceptors (Lipinski definition) is 2. The molecule has 0 aliphatic heterocycles. The average molecular weight is 330 g/mol. The van der Waals surface area contributed by atoms with Gasteiger partial charge in [0.05, 0.1) is 0 Å². The molecule has 0 saturated carbocycles. The molecule has 0 spiro atoms. The summed E-state index contributed by atoms with van der Waals surface area (Å²) in [5, 5.41) is 3.78. The van der Waals surface area contributed by atoms with Crippen LogP contribution in [0, 0.1) is 0 Å². The highest BCUT2D eigenvalue weighted by atomic mass is 79.9. The van der Waals surface area contributed by atoms with Crippen molar-refractivity contribution in [1.82, 2.24) is 5.32 Å². The molecule has 1 aromatic carbocycles. The smallest absolute Gasteiger partial charge is 0.251 e. The first-order chi connectivity index (χ1) is 8.77. The van der Waals surface area contributed by atoms with E-state index in [0.717, 1.165) is 23.9 Å². The number of unbranched alkanes of at least 4 members (excludes halogenated alkanes) is 2. The standard InChI is InChI=1S/C14H20BrNOS/c1-18-10-4-2-3-9-16-14(17)13-7-5-12(11-15)6-8-13/h5-8H,2-4,9-11H2,1H3,(H,16,17). The number of amides is 1. The largest absolute Gasteiger partial charge is 0.352 e. The van der Waals surface area contributed by atoms with Crippen molar-refractivity contribution in [3.05, 3.63) is 35.4 Å². The minimum atomic E-state index is 0.0287. The molecule has 0 saturated heterocycles. The Bertz CT molecular complexity index is 353. The maximum absolute atomic E-state index is 11.8. The van der Waals surface area contributed by atoms with Crippen LogP contribution in [0.3, 0.4) is 0 Å². The first kappa shape index (κ1) is 15.6. The molecule has 0 aliphatic rings. The van der Waals surface area contributed by atoms with Crippen LogP contribution in [0.5, 0.6) is 0 Å². The molecular formula is C14H20BrNOS. The molecule has 0 heterocycles. The highest BCUT2D eigenvalue weighted by Gasteiger charge is 2.03. The number of carbonyl (C=O) groups excluding carboxylic acids is 1. The molecule has 0 aliphatic carbocycles. The van der Waals surface area contributed by atoms with Crippen LogP contribution in [0.4, 0.5) is 0 Å². The maximum atomic E-state index is 11.8. The van der Waals surface area contributed by atoms with Crippen molar-refractivity contribution < 1.29 is 4.79 Å². The molecule has 2 nitrogen and oxygen atoms in total. The lowest BCUT2D eigenvalue weighted by molar-refractivity contribution is 0.0953. The second-order valence-corrected chi connectivity index (χ2v) is 5.69. The minimum Gasteiger partial charge on any atom is -0.352 e. The number of nitrogens with one attached hydrogen (secondary N) is 1. The third-order valence-corrected chi connectivity index (χ3v) is 4.03. The van der Waals surface area contributed by atoms with E-state index in [1.807, 2.05) is 36.0 Å². The van der Waals surface area contributed by atoms with Gasteiger partial charge >= 0.3 is 0 Å². The highest BCUT2D eigenvalue weighted by molar-refractivity contribution is 9.08. The number of thioether (sulfide) groups is 1. The van der Waals surface area contributed by atoms with Crippen molar-refractivity contribution in [3.8, 4) is 0 Å². The molecule has 4 heteroatoms. The fourth-order valence-corrected chi connectivity index (χ4v) is 2.46. The quantitative estimate of drug-likeness (QED) is 0.579. The fraction of sp³-hybridized carbons (Fsp3) is 0.500. The summed E-state index contributed by atoms with van der Waals surface area (Å²) in [4.78, 5) is 11.8. The van der Waals surface area contributed by atoms with E-state index < -0.39 is 0 Å². The summed E-state index contributed by atoms with van der Waals surface area (Å²) in [5.41, 5.74) is 1.92. The third kappa shape index (κ3) is 5.91. The summed E-state index contributed by atoms with van der Waals surface area (Å²) in [5.74, 6) is 1.24. The van der Waals surface area contributed by atoms with Gasteiger partial charge in [0, 0.05) is 17.4 Å². The predicted octanol–water partition coefficient (Wildman–Crippen LogP) is 3.84. The zero-order valence-electron chi connectivity index (χ0n) is 10.7. The van der Waals surface area contributed by atoms with Crippen molar-refractivity contribution in [2.75, 3.05) is 18.6 Å². The molecule has 100 valence electrons. The monoisotopic (exact) mass is 329 g/mol. The van der Waals surface area contributed by atoms with Crippen molar-refractivity contribution >= 4 is 33.6 Å². The molecular weight excluding hydrogens is 310 g/mol. The maximum Gasteiger partial charge on any atom is 0.251 e. The molecule has 0 aromatic heterocycles. The number of carbonyl (C=O) groups is 1. The second-order valence-electron chi connectivity index (χ2n) is 4.14. The summed E-state index contributed by atoms with van der Waals surface area (Å²) < 4.78 is 0. The Balaban J connectivity index is 2.23. The van der Waals surface area contributed by atoms with Gasteiger partial charge in [-0.25, -0.2) is 0 Å². The Kier molecular flexibility index (Phi) is 8.18. The Morgan fingerprint density at radius 1 is 1.22 bits per heavy atom. The Hall–Kier alpha value is -0.480. The third-order valence-electron chi connectivity index (χ3n) is 2.68. The highest BCUT2D eigenvalue weighted by Crippen LogP contribution is 2.08.